The Kier molecular flexibility index (Phi) is 14.5. The number of thiazole rings is 1. The van der Waals surface area contributed by atoms with Gasteiger partial charge >= 0.3 is 6.09 Å². The van der Waals surface area contributed by atoms with E-state index < -0.39 is 28.2 Å². The predicted octanol–water partition coefficient (Wildman–Crippen LogP) is 5.77. The Morgan fingerprint density at radius 3 is 2.51 bits per heavy atom. The monoisotopic (exact) mass is 680 g/mol. The van der Waals surface area contributed by atoms with Crippen LogP contribution in [0.3, 0.4) is 0 Å². The topological polar surface area (TPSA) is 138 Å². The van der Waals surface area contributed by atoms with E-state index in [-0.39, 0.29) is 42.3 Å². The van der Waals surface area contributed by atoms with Gasteiger partial charge in [0.15, 0.2) is 0 Å². The van der Waals surface area contributed by atoms with Crippen molar-refractivity contribution in [3.8, 4) is 0 Å². The van der Waals surface area contributed by atoms with Gasteiger partial charge in [0.05, 0.1) is 34.3 Å². The highest BCUT2D eigenvalue weighted by atomic mass is 35.5. The van der Waals surface area contributed by atoms with E-state index in [2.05, 4.69) is 15.6 Å². The number of fused-ring (bicyclic) bond motifs is 1. The van der Waals surface area contributed by atoms with Crippen molar-refractivity contribution in [2.45, 2.75) is 88.7 Å². The molecule has 10 nitrogen and oxygen atoms in total. The number of alkyl carbamates (subject to hydrolysis) is 1. The van der Waals surface area contributed by atoms with Crippen LogP contribution in [0.4, 0.5) is 4.79 Å². The van der Waals surface area contributed by atoms with E-state index in [9.17, 15) is 23.1 Å². The fourth-order valence-corrected chi connectivity index (χ4v) is 7.87. The molecule has 0 saturated heterocycles. The van der Waals surface area contributed by atoms with Gasteiger partial charge in [0.2, 0.25) is 15.9 Å². The summed E-state index contributed by atoms with van der Waals surface area (Å²) in [5.41, 5.74) is 3.14. The summed E-state index contributed by atoms with van der Waals surface area (Å²) < 4.78 is 34.8. The van der Waals surface area contributed by atoms with Crippen LogP contribution in [0.25, 0.3) is 10.2 Å². The fourth-order valence-electron chi connectivity index (χ4n) is 5.18. The van der Waals surface area contributed by atoms with Crippen LogP contribution < -0.4 is 10.6 Å². The van der Waals surface area contributed by atoms with Crippen LogP contribution in [0.2, 0.25) is 5.02 Å². The van der Waals surface area contributed by atoms with Crippen molar-refractivity contribution in [1.82, 2.24) is 19.9 Å². The molecule has 45 heavy (non-hydrogen) atoms. The number of sulfonamides is 1. The minimum absolute atomic E-state index is 0.181. The Morgan fingerprint density at radius 1 is 1.09 bits per heavy atom. The first-order valence-electron chi connectivity index (χ1n) is 15.3. The van der Waals surface area contributed by atoms with Crippen molar-refractivity contribution >= 4 is 55.2 Å². The molecule has 248 valence electrons. The van der Waals surface area contributed by atoms with Crippen LogP contribution >= 0.6 is 22.9 Å². The predicted molar refractivity (Wildman–Crippen MR) is 179 cm³/mol. The third kappa shape index (κ3) is 10.6. The second-order valence-corrected chi connectivity index (χ2v) is 14.7. The van der Waals surface area contributed by atoms with Crippen LogP contribution in [0, 0.1) is 5.92 Å². The standard InChI is InChI=1S/C32H45ClN4O6S2/c1-5-9-24(35-31(39)29(36-32(40)43-4)18-23-10-6-7-13-27(23)33)11-8-12-25(20-38)37(17-16-22(2)3)45(41,42)26-14-15-28-30(19-26)44-21-34-28/h6-7,10,13-15,19,21-22,24-25,29,38H,5,8-9,11-12,16-18,20H2,1-4H3,(H,35,39)(H,36,40)/t24-,25-,29-/m0/s1. The molecule has 0 fully saturated rings. The number of methoxy groups -OCH3 is 1. The molecule has 2 aromatic carbocycles. The van der Waals surface area contributed by atoms with E-state index in [4.69, 9.17) is 16.3 Å². The molecule has 0 aliphatic heterocycles. The van der Waals surface area contributed by atoms with Gasteiger partial charge in [-0.1, -0.05) is 57.0 Å². The van der Waals surface area contributed by atoms with Gasteiger partial charge < -0.3 is 20.5 Å². The van der Waals surface area contributed by atoms with Crippen LogP contribution in [-0.2, 0) is 26.0 Å². The summed E-state index contributed by atoms with van der Waals surface area (Å²) >= 11 is 7.70. The van der Waals surface area contributed by atoms with Crippen molar-refractivity contribution in [1.29, 1.82) is 0 Å². The highest BCUT2D eigenvalue weighted by molar-refractivity contribution is 7.89. The van der Waals surface area contributed by atoms with Crippen LogP contribution in [0.5, 0.6) is 0 Å². The zero-order valence-electron chi connectivity index (χ0n) is 26.4. The lowest BCUT2D eigenvalue weighted by atomic mass is 10.0. The summed E-state index contributed by atoms with van der Waals surface area (Å²) in [5, 5.41) is 16.6. The molecule has 0 aliphatic carbocycles. The van der Waals surface area contributed by atoms with E-state index in [1.165, 1.54) is 22.8 Å². The van der Waals surface area contributed by atoms with Gasteiger partial charge in [-0.2, -0.15) is 4.31 Å². The molecule has 1 heterocycles. The maximum atomic E-state index is 13.9. The number of nitrogens with one attached hydrogen (secondary N) is 2. The minimum Gasteiger partial charge on any atom is -0.453 e. The van der Waals surface area contributed by atoms with E-state index in [1.54, 1.807) is 41.9 Å². The van der Waals surface area contributed by atoms with Crippen molar-refractivity contribution in [3.05, 3.63) is 58.6 Å². The molecular weight excluding hydrogens is 636 g/mol. The fraction of sp³-hybridized carbons (Fsp3) is 0.531. The number of carbonyl (C=O) groups excluding carboxylic acids is 2. The lowest BCUT2D eigenvalue weighted by Gasteiger charge is -2.31. The maximum absolute atomic E-state index is 13.9. The van der Waals surface area contributed by atoms with Gasteiger partial charge in [-0.25, -0.2) is 18.2 Å². The lowest BCUT2D eigenvalue weighted by molar-refractivity contribution is -0.123. The van der Waals surface area contributed by atoms with Crippen molar-refractivity contribution in [2.24, 2.45) is 5.92 Å². The van der Waals surface area contributed by atoms with Gasteiger partial charge in [-0.3, -0.25) is 4.79 Å². The van der Waals surface area contributed by atoms with Crippen molar-refractivity contribution in [3.63, 3.8) is 0 Å². The molecule has 2 amide bonds. The van der Waals surface area contributed by atoms with Crippen molar-refractivity contribution < 1.29 is 27.9 Å². The molecule has 3 aromatic rings. The molecule has 0 radical (unpaired) electrons. The zero-order valence-corrected chi connectivity index (χ0v) is 28.8. The summed E-state index contributed by atoms with van der Waals surface area (Å²) in [4.78, 5) is 29.9. The number of halogens is 1. The third-order valence-electron chi connectivity index (χ3n) is 7.70. The lowest BCUT2D eigenvalue weighted by Crippen LogP contribution is -2.50. The molecule has 1 aromatic heterocycles. The molecule has 0 unspecified atom stereocenters. The second kappa shape index (κ2) is 17.8. The molecule has 3 rings (SSSR count). The van der Waals surface area contributed by atoms with Crippen LogP contribution in [-0.4, -0.2) is 73.2 Å². The first-order valence-corrected chi connectivity index (χ1v) is 18.0. The van der Waals surface area contributed by atoms with Gasteiger partial charge in [0.25, 0.3) is 0 Å². The average Bonchev–Trinajstić information content (AvgIpc) is 3.49. The number of nitrogens with zero attached hydrogens (tertiary/aromatic N) is 2. The average molecular weight is 681 g/mol. The van der Waals surface area contributed by atoms with Crippen molar-refractivity contribution in [2.75, 3.05) is 20.3 Å². The molecule has 0 bridgehead atoms. The molecule has 0 spiro atoms. The van der Waals surface area contributed by atoms with E-state index in [0.717, 1.165) is 16.6 Å². The number of hydrogen-bond acceptors (Lipinski definition) is 8. The molecule has 3 N–H and O–H groups in total. The number of aromatic nitrogens is 1. The minimum atomic E-state index is -3.90. The summed E-state index contributed by atoms with van der Waals surface area (Å²) in [6.07, 6.45) is 3.15. The van der Waals surface area contributed by atoms with Gasteiger partial charge in [-0.15, -0.1) is 11.3 Å². The van der Waals surface area contributed by atoms with Crippen LogP contribution in [0.1, 0.15) is 64.9 Å². The quantitative estimate of drug-likeness (QED) is 0.155. The SMILES string of the molecule is CCC[C@@H](CCC[C@@H](CO)N(CCC(C)C)S(=O)(=O)c1ccc2ncsc2c1)NC(=O)[C@H](Cc1ccccc1Cl)NC(=O)OC. The molecule has 13 heteroatoms. The molecular formula is C32H45ClN4O6S2. The number of ether oxygens (including phenoxy) is 1. The first-order chi connectivity index (χ1) is 21.5. The first kappa shape index (κ1) is 36.7. The Balaban J connectivity index is 1.73. The second-order valence-electron chi connectivity index (χ2n) is 11.5. The van der Waals surface area contributed by atoms with E-state index >= 15 is 0 Å². The Bertz CT molecular complexity index is 1500. The number of aliphatic hydroxyl groups excluding tert-OH is 1. The van der Waals surface area contributed by atoms with Gasteiger partial charge in [0.1, 0.15) is 6.04 Å². The number of aliphatic hydroxyl groups is 1. The number of hydrogen-bond donors (Lipinski definition) is 3. The van der Waals surface area contributed by atoms with E-state index in [0.29, 0.717) is 42.7 Å². The number of amides is 2. The molecule has 3 atom stereocenters. The smallest absolute Gasteiger partial charge is 0.407 e. The normalized spacial score (nSPS) is 14.0. The molecule has 0 aliphatic rings. The number of benzene rings is 2. The summed E-state index contributed by atoms with van der Waals surface area (Å²) in [6, 6.07) is 10.3. The Hall–Kier alpha value is -2.77. The number of rotatable bonds is 18. The zero-order chi connectivity index (χ0) is 33.0. The highest BCUT2D eigenvalue weighted by Gasteiger charge is 2.32. The molecule has 0 saturated carbocycles. The summed E-state index contributed by atoms with van der Waals surface area (Å²) in [6.45, 7) is 6.05. The largest absolute Gasteiger partial charge is 0.453 e. The van der Waals surface area contributed by atoms with E-state index in [1.807, 2.05) is 26.8 Å². The van der Waals surface area contributed by atoms with Gasteiger partial charge in [-0.05, 0) is 67.9 Å². The highest BCUT2D eigenvalue weighted by Crippen LogP contribution is 2.27. The Morgan fingerprint density at radius 2 is 1.84 bits per heavy atom. The third-order valence-corrected chi connectivity index (χ3v) is 10.8. The summed E-state index contributed by atoms with van der Waals surface area (Å²) in [7, 11) is -2.66. The van der Waals surface area contributed by atoms with Gasteiger partial charge in [0, 0.05) is 30.1 Å². The van der Waals surface area contributed by atoms with Crippen LogP contribution in [0.15, 0.2) is 52.9 Å². The maximum Gasteiger partial charge on any atom is 0.407 e. The summed E-state index contributed by atoms with van der Waals surface area (Å²) in [5.74, 6) is -0.0930. The Labute approximate surface area is 275 Å². The number of carbonyl (C=O) groups is 2.